The summed E-state index contributed by atoms with van der Waals surface area (Å²) in [5.41, 5.74) is 0.709. The van der Waals surface area contributed by atoms with Crippen LogP contribution in [0.25, 0.3) is 0 Å². The lowest BCUT2D eigenvalue weighted by molar-refractivity contribution is 0.0925. The number of ether oxygens (including phenoxy) is 1. The Hall–Kier alpha value is -2.72. The summed E-state index contributed by atoms with van der Waals surface area (Å²) in [6.45, 7) is 6.67. The molecule has 2 aromatic rings. The van der Waals surface area contributed by atoms with E-state index >= 15 is 0 Å². The van der Waals surface area contributed by atoms with Gasteiger partial charge in [-0.1, -0.05) is 19.1 Å². The standard InChI is InChI=1S/C19H22N2O6S2/c1-5-27-19(24)21-17(23)15-11(3)12(4)28-18(15)20-16(22)13-9-7-8-10-14(13)29(25,26)6-2/h7-10H,5-6H2,1-4H3,(H,20,22)(H,21,23,24). The minimum absolute atomic E-state index is 0.0187. The van der Waals surface area contributed by atoms with Crippen LogP contribution in [0.1, 0.15) is 45.0 Å². The van der Waals surface area contributed by atoms with Gasteiger partial charge in [-0.2, -0.15) is 0 Å². The number of aryl methyl sites for hydroxylation is 1. The Balaban J connectivity index is 2.39. The number of imide groups is 1. The predicted molar refractivity (Wildman–Crippen MR) is 110 cm³/mol. The van der Waals surface area contributed by atoms with E-state index in [0.717, 1.165) is 16.2 Å². The minimum atomic E-state index is -3.62. The SMILES string of the molecule is CCOC(=O)NC(=O)c1c(NC(=O)c2ccccc2S(=O)(=O)CC)sc(C)c1C. The highest BCUT2D eigenvalue weighted by Gasteiger charge is 2.25. The van der Waals surface area contributed by atoms with E-state index in [9.17, 15) is 22.8 Å². The van der Waals surface area contributed by atoms with Crippen LogP contribution in [-0.2, 0) is 14.6 Å². The lowest BCUT2D eigenvalue weighted by Crippen LogP contribution is -2.32. The van der Waals surface area contributed by atoms with E-state index in [1.165, 1.54) is 25.1 Å². The normalized spacial score (nSPS) is 11.0. The second-order valence-corrected chi connectivity index (χ2v) is 9.49. The highest BCUT2D eigenvalue weighted by molar-refractivity contribution is 7.91. The summed E-state index contributed by atoms with van der Waals surface area (Å²) in [6.07, 6.45) is -0.891. The Bertz CT molecular complexity index is 1060. The first-order valence-electron chi connectivity index (χ1n) is 8.83. The number of hydrogen-bond acceptors (Lipinski definition) is 7. The van der Waals surface area contributed by atoms with E-state index in [2.05, 4.69) is 10.6 Å². The van der Waals surface area contributed by atoms with E-state index < -0.39 is 27.7 Å². The smallest absolute Gasteiger partial charge is 0.414 e. The van der Waals surface area contributed by atoms with Crippen molar-refractivity contribution < 1.29 is 27.5 Å². The van der Waals surface area contributed by atoms with Gasteiger partial charge >= 0.3 is 6.09 Å². The number of carbonyl (C=O) groups is 3. The van der Waals surface area contributed by atoms with Crippen molar-refractivity contribution in [3.05, 3.63) is 45.8 Å². The van der Waals surface area contributed by atoms with Crippen LogP contribution in [0.2, 0.25) is 0 Å². The Morgan fingerprint density at radius 1 is 1.07 bits per heavy atom. The van der Waals surface area contributed by atoms with Crippen molar-refractivity contribution >= 4 is 44.1 Å². The maximum Gasteiger partial charge on any atom is 0.414 e. The maximum atomic E-state index is 12.8. The molecule has 0 saturated heterocycles. The van der Waals surface area contributed by atoms with Gasteiger partial charge in [0.15, 0.2) is 9.84 Å². The summed E-state index contributed by atoms with van der Waals surface area (Å²) in [5, 5.41) is 4.94. The number of thiophene rings is 1. The Morgan fingerprint density at radius 2 is 1.72 bits per heavy atom. The van der Waals surface area contributed by atoms with Crippen LogP contribution in [0.15, 0.2) is 29.2 Å². The molecule has 2 N–H and O–H groups in total. The van der Waals surface area contributed by atoms with Gasteiger partial charge in [-0.05, 0) is 38.5 Å². The molecule has 0 fully saturated rings. The molecule has 1 heterocycles. The molecule has 2 rings (SSSR count). The molecule has 0 saturated carbocycles. The molecule has 1 aromatic heterocycles. The lowest BCUT2D eigenvalue weighted by atomic mass is 10.1. The van der Waals surface area contributed by atoms with Crippen molar-refractivity contribution in [1.82, 2.24) is 5.32 Å². The molecular formula is C19H22N2O6S2. The summed E-state index contributed by atoms with van der Waals surface area (Å²) in [6, 6.07) is 5.87. The zero-order valence-corrected chi connectivity index (χ0v) is 18.1. The second-order valence-electron chi connectivity index (χ2n) is 6.02. The highest BCUT2D eigenvalue weighted by atomic mass is 32.2. The molecule has 0 atom stereocenters. The number of amides is 3. The number of nitrogens with one attached hydrogen (secondary N) is 2. The van der Waals surface area contributed by atoms with E-state index in [1.807, 2.05) is 0 Å². The van der Waals surface area contributed by atoms with Crippen molar-refractivity contribution in [2.24, 2.45) is 0 Å². The van der Waals surface area contributed by atoms with E-state index in [0.29, 0.717) is 5.56 Å². The number of hydrogen-bond donors (Lipinski definition) is 2. The van der Waals surface area contributed by atoms with Crippen molar-refractivity contribution in [3.63, 3.8) is 0 Å². The van der Waals surface area contributed by atoms with Crippen LogP contribution in [0.3, 0.4) is 0 Å². The summed E-state index contributed by atoms with van der Waals surface area (Å²) in [7, 11) is -3.62. The third-order valence-corrected chi connectivity index (χ3v) is 7.09. The fraction of sp³-hybridized carbons (Fsp3) is 0.316. The van der Waals surface area contributed by atoms with E-state index in [1.54, 1.807) is 26.8 Å². The second kappa shape index (κ2) is 9.19. The monoisotopic (exact) mass is 438 g/mol. The molecule has 1 aromatic carbocycles. The molecular weight excluding hydrogens is 416 g/mol. The highest BCUT2D eigenvalue weighted by Crippen LogP contribution is 2.33. The van der Waals surface area contributed by atoms with Gasteiger partial charge < -0.3 is 10.1 Å². The fourth-order valence-corrected chi connectivity index (χ4v) is 4.71. The van der Waals surface area contributed by atoms with Crippen LogP contribution in [0.5, 0.6) is 0 Å². The molecule has 8 nitrogen and oxygen atoms in total. The van der Waals surface area contributed by atoms with Gasteiger partial charge in [-0.15, -0.1) is 11.3 Å². The van der Waals surface area contributed by atoms with Gasteiger partial charge in [0, 0.05) is 4.88 Å². The number of carbonyl (C=O) groups excluding carboxylic acids is 3. The predicted octanol–water partition coefficient (Wildman–Crippen LogP) is 3.30. The number of sulfone groups is 1. The fourth-order valence-electron chi connectivity index (χ4n) is 2.56. The molecule has 10 heteroatoms. The Kier molecular flexibility index (Phi) is 7.15. The first-order valence-corrected chi connectivity index (χ1v) is 11.3. The number of anilines is 1. The van der Waals surface area contributed by atoms with Gasteiger partial charge in [0.2, 0.25) is 0 Å². The number of benzene rings is 1. The zero-order valence-electron chi connectivity index (χ0n) is 16.5. The molecule has 0 spiro atoms. The molecule has 0 radical (unpaired) electrons. The largest absolute Gasteiger partial charge is 0.450 e. The average molecular weight is 439 g/mol. The van der Waals surface area contributed by atoms with Gasteiger partial charge in [-0.3, -0.25) is 14.9 Å². The number of alkyl carbamates (subject to hydrolysis) is 1. The summed E-state index contributed by atoms with van der Waals surface area (Å²) in [4.78, 5) is 37.6. The molecule has 0 aliphatic heterocycles. The van der Waals surface area contributed by atoms with Crippen molar-refractivity contribution in [2.45, 2.75) is 32.6 Å². The topological polar surface area (TPSA) is 119 Å². The van der Waals surface area contributed by atoms with Crippen LogP contribution in [0.4, 0.5) is 9.80 Å². The van der Waals surface area contributed by atoms with Crippen LogP contribution in [-0.4, -0.2) is 38.7 Å². The molecule has 0 aliphatic rings. The molecule has 3 amide bonds. The maximum absolute atomic E-state index is 12.8. The minimum Gasteiger partial charge on any atom is -0.450 e. The van der Waals surface area contributed by atoms with Gasteiger partial charge in [0.05, 0.1) is 28.4 Å². The molecule has 0 bridgehead atoms. The average Bonchev–Trinajstić information content (AvgIpc) is 2.95. The van der Waals surface area contributed by atoms with E-state index in [-0.39, 0.29) is 33.4 Å². The molecule has 0 aliphatic carbocycles. The third kappa shape index (κ3) is 5.01. The Labute approximate surface area is 173 Å². The summed E-state index contributed by atoms with van der Waals surface area (Å²) >= 11 is 1.16. The van der Waals surface area contributed by atoms with Crippen LogP contribution >= 0.6 is 11.3 Å². The first kappa shape index (κ1) is 22.6. The van der Waals surface area contributed by atoms with Crippen molar-refractivity contribution in [3.8, 4) is 0 Å². The van der Waals surface area contributed by atoms with Gasteiger partial charge in [0.25, 0.3) is 11.8 Å². The van der Waals surface area contributed by atoms with Crippen molar-refractivity contribution in [1.29, 1.82) is 0 Å². The third-order valence-electron chi connectivity index (χ3n) is 4.18. The van der Waals surface area contributed by atoms with Crippen LogP contribution < -0.4 is 10.6 Å². The van der Waals surface area contributed by atoms with Gasteiger partial charge in [0.1, 0.15) is 5.00 Å². The Morgan fingerprint density at radius 3 is 2.34 bits per heavy atom. The molecule has 156 valence electrons. The van der Waals surface area contributed by atoms with Gasteiger partial charge in [-0.25, -0.2) is 13.2 Å². The van der Waals surface area contributed by atoms with Crippen LogP contribution in [0, 0.1) is 13.8 Å². The van der Waals surface area contributed by atoms with Crippen molar-refractivity contribution in [2.75, 3.05) is 17.7 Å². The van der Waals surface area contributed by atoms with E-state index in [4.69, 9.17) is 4.74 Å². The molecule has 29 heavy (non-hydrogen) atoms. The number of rotatable bonds is 6. The zero-order chi connectivity index (χ0) is 21.8. The summed E-state index contributed by atoms with van der Waals surface area (Å²) < 4.78 is 29.3. The molecule has 0 unspecified atom stereocenters. The first-order chi connectivity index (χ1) is 13.6. The lowest BCUT2D eigenvalue weighted by Gasteiger charge is -2.11. The quantitative estimate of drug-likeness (QED) is 0.714. The summed E-state index contributed by atoms with van der Waals surface area (Å²) in [5.74, 6) is -1.53.